The molecule has 0 saturated heterocycles. The number of aromatic nitrogens is 5. The van der Waals surface area contributed by atoms with E-state index in [2.05, 4.69) is 49.2 Å². The van der Waals surface area contributed by atoms with E-state index < -0.39 is 0 Å². The normalized spacial score (nSPS) is 10.7. The van der Waals surface area contributed by atoms with E-state index in [1.165, 1.54) is 6.33 Å². The molecule has 0 saturated carbocycles. The van der Waals surface area contributed by atoms with Crippen LogP contribution in [0.4, 0.5) is 0 Å². The van der Waals surface area contributed by atoms with Gasteiger partial charge in [-0.25, -0.2) is 15.0 Å². The van der Waals surface area contributed by atoms with E-state index >= 15 is 0 Å². The molecule has 142 valence electrons. The maximum atomic E-state index is 4.57. The molecule has 30 heavy (non-hydrogen) atoms. The Morgan fingerprint density at radius 3 is 1.27 bits per heavy atom. The van der Waals surface area contributed by atoms with Crippen LogP contribution in [-0.2, 0) is 0 Å². The van der Waals surface area contributed by atoms with Crippen LogP contribution in [0.3, 0.4) is 0 Å². The Morgan fingerprint density at radius 2 is 0.867 bits per heavy atom. The van der Waals surface area contributed by atoms with Crippen molar-refractivity contribution in [1.29, 1.82) is 0 Å². The summed E-state index contributed by atoms with van der Waals surface area (Å²) in [5.74, 6) is 1.04. The Morgan fingerprint density at radius 1 is 0.400 bits per heavy atom. The molecular formula is C25H17N5. The van der Waals surface area contributed by atoms with E-state index in [0.717, 1.165) is 22.3 Å². The second-order valence-corrected chi connectivity index (χ2v) is 6.73. The van der Waals surface area contributed by atoms with E-state index in [1.54, 1.807) is 0 Å². The van der Waals surface area contributed by atoms with Crippen LogP contribution in [0, 0.1) is 0 Å². The second kappa shape index (κ2) is 8.01. The maximum absolute atomic E-state index is 4.57. The molecule has 0 bridgehead atoms. The minimum absolute atomic E-state index is 0.522. The topological polar surface area (TPSA) is 64.5 Å². The van der Waals surface area contributed by atoms with Gasteiger partial charge in [-0.2, -0.15) is 0 Å². The van der Waals surface area contributed by atoms with Gasteiger partial charge in [0.2, 0.25) is 0 Å². The van der Waals surface area contributed by atoms with Crippen LogP contribution >= 0.6 is 0 Å². The first-order chi connectivity index (χ1) is 14.9. The molecular weight excluding hydrogens is 370 g/mol. The third-order valence-corrected chi connectivity index (χ3v) is 4.77. The first-order valence-corrected chi connectivity index (χ1v) is 9.59. The molecule has 3 heterocycles. The zero-order chi connectivity index (χ0) is 20.2. The standard InChI is InChI=1S/C25H17N5/c1-3-7-18(8-4-1)20-11-13-22(26-15-20)24-28-17-29-25(30-24)23-14-12-21(16-27-23)19-9-5-2-6-10-19/h1-17H. The van der Waals surface area contributed by atoms with Gasteiger partial charge in [0, 0.05) is 23.5 Å². The van der Waals surface area contributed by atoms with Gasteiger partial charge in [-0.15, -0.1) is 0 Å². The summed E-state index contributed by atoms with van der Waals surface area (Å²) in [4.78, 5) is 22.2. The van der Waals surface area contributed by atoms with Crippen molar-refractivity contribution in [3.05, 3.63) is 104 Å². The van der Waals surface area contributed by atoms with Crippen LogP contribution in [0.5, 0.6) is 0 Å². The molecule has 0 radical (unpaired) electrons. The van der Waals surface area contributed by atoms with Crippen molar-refractivity contribution in [3.63, 3.8) is 0 Å². The summed E-state index contributed by atoms with van der Waals surface area (Å²) in [5, 5.41) is 0. The summed E-state index contributed by atoms with van der Waals surface area (Å²) in [6.45, 7) is 0. The molecule has 3 aromatic heterocycles. The number of hydrogen-bond donors (Lipinski definition) is 0. The van der Waals surface area contributed by atoms with Gasteiger partial charge in [-0.05, 0) is 23.3 Å². The molecule has 0 atom stereocenters. The summed E-state index contributed by atoms with van der Waals surface area (Å²) < 4.78 is 0. The highest BCUT2D eigenvalue weighted by atomic mass is 15.0. The van der Waals surface area contributed by atoms with Gasteiger partial charge in [0.15, 0.2) is 11.6 Å². The molecule has 0 unspecified atom stereocenters. The molecule has 0 N–H and O–H groups in total. The van der Waals surface area contributed by atoms with Crippen LogP contribution in [0.25, 0.3) is 45.3 Å². The summed E-state index contributed by atoms with van der Waals surface area (Å²) in [5.41, 5.74) is 5.73. The van der Waals surface area contributed by atoms with Gasteiger partial charge in [0.05, 0.1) is 0 Å². The lowest BCUT2D eigenvalue weighted by Gasteiger charge is -2.05. The maximum Gasteiger partial charge on any atom is 0.181 e. The number of hydrogen-bond acceptors (Lipinski definition) is 5. The largest absolute Gasteiger partial charge is 0.252 e. The molecule has 0 aliphatic heterocycles. The van der Waals surface area contributed by atoms with Crippen molar-refractivity contribution >= 4 is 0 Å². The van der Waals surface area contributed by atoms with E-state index in [1.807, 2.05) is 73.1 Å². The van der Waals surface area contributed by atoms with E-state index in [-0.39, 0.29) is 0 Å². The fourth-order valence-electron chi connectivity index (χ4n) is 3.20. The quantitative estimate of drug-likeness (QED) is 0.417. The first kappa shape index (κ1) is 17.8. The molecule has 0 spiro atoms. The van der Waals surface area contributed by atoms with E-state index in [4.69, 9.17) is 0 Å². The Bertz CT molecular complexity index is 1150. The number of pyridine rings is 2. The van der Waals surface area contributed by atoms with Crippen molar-refractivity contribution in [3.8, 4) is 45.3 Å². The monoisotopic (exact) mass is 387 g/mol. The Kier molecular flexibility index (Phi) is 4.76. The van der Waals surface area contributed by atoms with Crippen molar-refractivity contribution < 1.29 is 0 Å². The average Bonchev–Trinajstić information content (AvgIpc) is 2.85. The average molecular weight is 387 g/mol. The lowest BCUT2D eigenvalue weighted by Crippen LogP contribution is -1.98. The van der Waals surface area contributed by atoms with E-state index in [0.29, 0.717) is 23.0 Å². The van der Waals surface area contributed by atoms with Gasteiger partial charge >= 0.3 is 0 Å². The molecule has 5 heteroatoms. The Balaban J connectivity index is 1.42. The number of rotatable bonds is 4. The highest BCUT2D eigenvalue weighted by molar-refractivity contribution is 5.66. The van der Waals surface area contributed by atoms with Crippen LogP contribution in [-0.4, -0.2) is 24.9 Å². The van der Waals surface area contributed by atoms with Gasteiger partial charge in [0.1, 0.15) is 17.7 Å². The van der Waals surface area contributed by atoms with Crippen LogP contribution in [0.1, 0.15) is 0 Å². The summed E-state index contributed by atoms with van der Waals surface area (Å²) in [6, 6.07) is 28.2. The minimum Gasteiger partial charge on any atom is -0.252 e. The SMILES string of the molecule is c1ccc(-c2ccc(-c3ncnc(-c4ccc(-c5ccccc5)cn4)n3)nc2)cc1. The Labute approximate surface area is 174 Å². The first-order valence-electron chi connectivity index (χ1n) is 9.59. The molecule has 5 aromatic rings. The van der Waals surface area contributed by atoms with Gasteiger partial charge < -0.3 is 0 Å². The van der Waals surface area contributed by atoms with Crippen LogP contribution < -0.4 is 0 Å². The third kappa shape index (κ3) is 3.69. The van der Waals surface area contributed by atoms with Gasteiger partial charge in [0.25, 0.3) is 0 Å². The number of benzene rings is 2. The fraction of sp³-hybridized carbons (Fsp3) is 0. The summed E-state index contributed by atoms with van der Waals surface area (Å²) >= 11 is 0. The van der Waals surface area contributed by atoms with Crippen LogP contribution in [0.15, 0.2) is 104 Å². The lowest BCUT2D eigenvalue weighted by atomic mass is 10.1. The van der Waals surface area contributed by atoms with Crippen molar-refractivity contribution in [2.75, 3.05) is 0 Å². The predicted molar refractivity (Wildman–Crippen MR) is 117 cm³/mol. The van der Waals surface area contributed by atoms with Gasteiger partial charge in [-0.1, -0.05) is 72.8 Å². The smallest absolute Gasteiger partial charge is 0.181 e. The highest BCUT2D eigenvalue weighted by Gasteiger charge is 2.09. The molecule has 5 nitrogen and oxygen atoms in total. The van der Waals surface area contributed by atoms with Crippen LogP contribution in [0.2, 0.25) is 0 Å². The molecule has 0 aliphatic carbocycles. The van der Waals surface area contributed by atoms with E-state index in [9.17, 15) is 0 Å². The third-order valence-electron chi connectivity index (χ3n) is 4.77. The minimum atomic E-state index is 0.522. The molecule has 2 aromatic carbocycles. The number of nitrogens with zero attached hydrogens (tertiary/aromatic N) is 5. The Hall–Kier alpha value is -4.25. The zero-order valence-corrected chi connectivity index (χ0v) is 16.1. The summed E-state index contributed by atoms with van der Waals surface area (Å²) in [7, 11) is 0. The predicted octanol–water partition coefficient (Wildman–Crippen LogP) is 5.33. The molecule has 0 fully saturated rings. The molecule has 0 aliphatic rings. The van der Waals surface area contributed by atoms with Crippen molar-refractivity contribution in [2.24, 2.45) is 0 Å². The van der Waals surface area contributed by atoms with Gasteiger partial charge in [-0.3, -0.25) is 9.97 Å². The molecule has 0 amide bonds. The fourth-order valence-corrected chi connectivity index (χ4v) is 3.20. The lowest BCUT2D eigenvalue weighted by molar-refractivity contribution is 1.04. The highest BCUT2D eigenvalue weighted by Crippen LogP contribution is 2.23. The van der Waals surface area contributed by atoms with Crippen molar-refractivity contribution in [2.45, 2.75) is 0 Å². The van der Waals surface area contributed by atoms with Crippen molar-refractivity contribution in [1.82, 2.24) is 24.9 Å². The molecule has 5 rings (SSSR count). The summed E-state index contributed by atoms with van der Waals surface area (Å²) in [6.07, 6.45) is 5.17. The zero-order valence-electron chi connectivity index (χ0n) is 16.1. The second-order valence-electron chi connectivity index (χ2n) is 6.73.